The van der Waals surface area contributed by atoms with Gasteiger partial charge in [-0.15, -0.1) is 0 Å². The second-order valence-electron chi connectivity index (χ2n) is 4.66. The van der Waals surface area contributed by atoms with Crippen LogP contribution in [0.1, 0.15) is 26.3 Å². The maximum Gasteiger partial charge on any atom is 0.242 e. The van der Waals surface area contributed by atoms with E-state index in [1.165, 1.54) is 0 Å². The highest BCUT2D eigenvalue weighted by atomic mass is 16.2. The lowest BCUT2D eigenvalue weighted by atomic mass is 10.1. The number of amides is 1. The molecule has 4 nitrogen and oxygen atoms in total. The van der Waals surface area contributed by atoms with Gasteiger partial charge in [0, 0.05) is 6.54 Å². The van der Waals surface area contributed by atoms with E-state index in [-0.39, 0.29) is 11.9 Å². The molecule has 0 aliphatic rings. The summed E-state index contributed by atoms with van der Waals surface area (Å²) < 4.78 is 0. The fraction of sp³-hybridized carbons (Fsp3) is 0.429. The summed E-state index contributed by atoms with van der Waals surface area (Å²) in [6.45, 7) is 6.53. The lowest BCUT2D eigenvalue weighted by Crippen LogP contribution is -2.39. The van der Waals surface area contributed by atoms with Crippen molar-refractivity contribution in [1.82, 2.24) is 5.32 Å². The van der Waals surface area contributed by atoms with Gasteiger partial charge in [-0.05, 0) is 25.0 Å². The van der Waals surface area contributed by atoms with Crippen LogP contribution >= 0.6 is 0 Å². The number of nitrogens with zero attached hydrogens (tertiary/aromatic N) is 1. The van der Waals surface area contributed by atoms with Crippen LogP contribution in [0, 0.1) is 17.2 Å². The smallest absolute Gasteiger partial charge is 0.242 e. The van der Waals surface area contributed by atoms with Crippen molar-refractivity contribution < 1.29 is 4.79 Å². The van der Waals surface area contributed by atoms with Crippen LogP contribution in [-0.4, -0.2) is 18.5 Å². The Bertz CT molecular complexity index is 449. The van der Waals surface area contributed by atoms with Crippen molar-refractivity contribution in [3.8, 4) is 6.07 Å². The molecular weight excluding hydrogens is 226 g/mol. The average molecular weight is 245 g/mol. The van der Waals surface area contributed by atoms with Crippen LogP contribution in [0.3, 0.4) is 0 Å². The molecule has 1 atom stereocenters. The Kier molecular flexibility index (Phi) is 5.19. The molecule has 0 aliphatic heterocycles. The molecule has 0 fully saturated rings. The Hall–Kier alpha value is -2.02. The lowest BCUT2D eigenvalue weighted by Gasteiger charge is -2.16. The number of nitriles is 1. The second-order valence-corrected chi connectivity index (χ2v) is 4.66. The first kappa shape index (κ1) is 14.0. The fourth-order valence-corrected chi connectivity index (χ4v) is 1.46. The molecule has 1 aromatic rings. The van der Waals surface area contributed by atoms with Gasteiger partial charge in [0.1, 0.15) is 12.1 Å². The van der Waals surface area contributed by atoms with Crippen molar-refractivity contribution in [3.05, 3.63) is 29.8 Å². The number of nitrogens with one attached hydrogen (secondary N) is 2. The largest absolute Gasteiger partial charge is 0.373 e. The highest BCUT2D eigenvalue weighted by Crippen LogP contribution is 2.14. The van der Waals surface area contributed by atoms with E-state index in [2.05, 4.69) is 16.7 Å². The zero-order valence-electron chi connectivity index (χ0n) is 11.0. The van der Waals surface area contributed by atoms with E-state index in [0.717, 1.165) is 0 Å². The van der Waals surface area contributed by atoms with Crippen molar-refractivity contribution in [2.75, 3.05) is 11.9 Å². The van der Waals surface area contributed by atoms with E-state index in [0.29, 0.717) is 23.7 Å². The number of carbonyl (C=O) groups excluding carboxylic acids is 1. The van der Waals surface area contributed by atoms with E-state index in [4.69, 9.17) is 5.26 Å². The standard InChI is InChI=1S/C14H19N3O/c1-10(2)9-16-14(18)11(3)17-13-7-5-4-6-12(13)8-15/h4-7,10-11,17H,9H2,1-3H3,(H,16,18). The molecule has 0 radical (unpaired) electrons. The first-order chi connectivity index (χ1) is 8.54. The van der Waals surface area contributed by atoms with Gasteiger partial charge in [-0.2, -0.15) is 5.26 Å². The molecule has 1 aromatic carbocycles. The maximum atomic E-state index is 11.8. The van der Waals surface area contributed by atoms with E-state index >= 15 is 0 Å². The molecule has 2 N–H and O–H groups in total. The maximum absolute atomic E-state index is 11.8. The molecule has 0 spiro atoms. The Morgan fingerprint density at radius 1 is 1.33 bits per heavy atom. The molecule has 4 heteroatoms. The topological polar surface area (TPSA) is 64.9 Å². The minimum absolute atomic E-state index is 0.0588. The van der Waals surface area contributed by atoms with E-state index < -0.39 is 0 Å². The molecule has 0 saturated heterocycles. The fourth-order valence-electron chi connectivity index (χ4n) is 1.46. The predicted octanol–water partition coefficient (Wildman–Crippen LogP) is 2.13. The van der Waals surface area contributed by atoms with Gasteiger partial charge in [0.15, 0.2) is 0 Å². The van der Waals surface area contributed by atoms with Gasteiger partial charge in [-0.1, -0.05) is 26.0 Å². The molecule has 1 unspecified atom stereocenters. The second kappa shape index (κ2) is 6.65. The lowest BCUT2D eigenvalue weighted by molar-refractivity contribution is -0.121. The minimum Gasteiger partial charge on any atom is -0.373 e. The summed E-state index contributed by atoms with van der Waals surface area (Å²) in [4.78, 5) is 11.8. The quantitative estimate of drug-likeness (QED) is 0.835. The molecule has 0 heterocycles. The minimum atomic E-state index is -0.363. The number of carbonyl (C=O) groups is 1. The van der Waals surface area contributed by atoms with Gasteiger partial charge in [0.2, 0.25) is 5.91 Å². The van der Waals surface area contributed by atoms with Gasteiger partial charge in [-0.3, -0.25) is 4.79 Å². The Morgan fingerprint density at radius 3 is 2.61 bits per heavy atom. The van der Waals surface area contributed by atoms with Crippen molar-refractivity contribution >= 4 is 11.6 Å². The van der Waals surface area contributed by atoms with Crippen LogP contribution in [0.4, 0.5) is 5.69 Å². The third-order valence-electron chi connectivity index (χ3n) is 2.50. The number of para-hydroxylation sites is 1. The Balaban J connectivity index is 2.61. The summed E-state index contributed by atoms with van der Waals surface area (Å²) in [6, 6.07) is 8.89. The number of benzene rings is 1. The van der Waals surface area contributed by atoms with Crippen molar-refractivity contribution in [1.29, 1.82) is 5.26 Å². The van der Waals surface area contributed by atoms with Gasteiger partial charge >= 0.3 is 0 Å². The molecule has 0 saturated carbocycles. The van der Waals surface area contributed by atoms with Crippen LogP contribution < -0.4 is 10.6 Å². The summed E-state index contributed by atoms with van der Waals surface area (Å²) in [7, 11) is 0. The Morgan fingerprint density at radius 2 is 2.00 bits per heavy atom. The first-order valence-corrected chi connectivity index (χ1v) is 6.08. The van der Waals surface area contributed by atoms with Crippen LogP contribution in [0.25, 0.3) is 0 Å². The number of hydrogen-bond acceptors (Lipinski definition) is 3. The van der Waals surface area contributed by atoms with Crippen molar-refractivity contribution in [2.45, 2.75) is 26.8 Å². The number of rotatable bonds is 5. The summed E-state index contributed by atoms with van der Waals surface area (Å²) in [6.07, 6.45) is 0. The molecule has 96 valence electrons. The van der Waals surface area contributed by atoms with Crippen LogP contribution in [0.15, 0.2) is 24.3 Å². The predicted molar refractivity (Wildman–Crippen MR) is 72.1 cm³/mol. The first-order valence-electron chi connectivity index (χ1n) is 6.08. The monoisotopic (exact) mass is 245 g/mol. The van der Waals surface area contributed by atoms with Gasteiger partial charge in [0.25, 0.3) is 0 Å². The summed E-state index contributed by atoms with van der Waals surface area (Å²) in [5.41, 5.74) is 1.23. The molecule has 1 amide bonds. The zero-order valence-corrected chi connectivity index (χ0v) is 11.0. The molecular formula is C14H19N3O. The number of anilines is 1. The third kappa shape index (κ3) is 4.10. The van der Waals surface area contributed by atoms with Crippen LogP contribution in [-0.2, 0) is 4.79 Å². The summed E-state index contributed by atoms with van der Waals surface area (Å²) in [5, 5.41) is 14.9. The van der Waals surface area contributed by atoms with Crippen molar-refractivity contribution in [3.63, 3.8) is 0 Å². The molecule has 18 heavy (non-hydrogen) atoms. The summed E-state index contributed by atoms with van der Waals surface area (Å²) >= 11 is 0. The van der Waals surface area contributed by atoms with Crippen LogP contribution in [0.2, 0.25) is 0 Å². The van der Waals surface area contributed by atoms with Crippen molar-refractivity contribution in [2.24, 2.45) is 5.92 Å². The third-order valence-corrected chi connectivity index (χ3v) is 2.50. The molecule has 1 rings (SSSR count). The van der Waals surface area contributed by atoms with Crippen LogP contribution in [0.5, 0.6) is 0 Å². The van der Waals surface area contributed by atoms with E-state index in [9.17, 15) is 4.79 Å². The Labute approximate surface area is 108 Å². The SMILES string of the molecule is CC(C)CNC(=O)C(C)Nc1ccccc1C#N. The molecule has 0 aliphatic carbocycles. The van der Waals surface area contributed by atoms with E-state index in [1.807, 2.05) is 19.9 Å². The van der Waals surface area contributed by atoms with Gasteiger partial charge in [0.05, 0.1) is 11.3 Å². The highest BCUT2D eigenvalue weighted by molar-refractivity contribution is 5.84. The number of hydrogen-bond donors (Lipinski definition) is 2. The zero-order chi connectivity index (χ0) is 13.5. The molecule has 0 bridgehead atoms. The van der Waals surface area contributed by atoms with E-state index in [1.54, 1.807) is 25.1 Å². The summed E-state index contributed by atoms with van der Waals surface area (Å²) in [5.74, 6) is 0.365. The molecule has 0 aromatic heterocycles. The highest BCUT2D eigenvalue weighted by Gasteiger charge is 2.13. The van der Waals surface area contributed by atoms with Gasteiger partial charge < -0.3 is 10.6 Å². The van der Waals surface area contributed by atoms with Gasteiger partial charge in [-0.25, -0.2) is 0 Å². The normalized spacial score (nSPS) is 11.7. The average Bonchev–Trinajstić information content (AvgIpc) is 2.36.